The van der Waals surface area contributed by atoms with E-state index >= 15 is 0 Å². The highest BCUT2D eigenvalue weighted by Crippen LogP contribution is 2.20. The van der Waals surface area contributed by atoms with Gasteiger partial charge in [0.05, 0.1) is 12.6 Å². The van der Waals surface area contributed by atoms with Gasteiger partial charge in [0.25, 0.3) is 11.8 Å². The number of amides is 2. The van der Waals surface area contributed by atoms with Crippen molar-refractivity contribution in [1.29, 1.82) is 0 Å². The number of methoxy groups -OCH3 is 1. The van der Waals surface area contributed by atoms with Crippen LogP contribution in [0.5, 0.6) is 0 Å². The number of hydrogen-bond acceptors (Lipinski definition) is 3. The molecule has 1 unspecified atom stereocenters. The Balaban J connectivity index is 2.86. The van der Waals surface area contributed by atoms with E-state index in [1.807, 2.05) is 13.8 Å². The van der Waals surface area contributed by atoms with Crippen LogP contribution in [-0.4, -0.2) is 36.5 Å². The predicted octanol–water partition coefficient (Wildman–Crippen LogP) is 0.973. The lowest BCUT2D eigenvalue weighted by Crippen LogP contribution is -2.46. The molecule has 0 aromatic carbocycles. The van der Waals surface area contributed by atoms with Gasteiger partial charge in [-0.2, -0.15) is 0 Å². The molecule has 0 radical (unpaired) electrons. The normalized spacial score (nSPS) is 18.7. The molecule has 1 atom stereocenters. The summed E-state index contributed by atoms with van der Waals surface area (Å²) in [6.45, 7) is 5.98. The van der Waals surface area contributed by atoms with Gasteiger partial charge >= 0.3 is 0 Å². The Hall–Kier alpha value is -1.16. The SMILES string of the molecule is COCC(C(C)C)N1C(=O)C=C(C)C1=O. The highest BCUT2D eigenvalue weighted by atomic mass is 16.5. The van der Waals surface area contributed by atoms with Gasteiger partial charge in [0, 0.05) is 18.8 Å². The Labute approximate surface area is 89.9 Å². The molecule has 84 valence electrons. The first kappa shape index (κ1) is 11.9. The Morgan fingerprint density at radius 1 is 1.40 bits per heavy atom. The van der Waals surface area contributed by atoms with Crippen LogP contribution in [0.15, 0.2) is 11.6 Å². The molecule has 1 aliphatic heterocycles. The molecule has 2 amide bonds. The highest BCUT2D eigenvalue weighted by molar-refractivity contribution is 6.16. The van der Waals surface area contributed by atoms with Crippen molar-refractivity contribution >= 4 is 11.8 Å². The van der Waals surface area contributed by atoms with E-state index in [0.29, 0.717) is 12.2 Å². The van der Waals surface area contributed by atoms with E-state index in [4.69, 9.17) is 4.74 Å². The zero-order valence-electron chi connectivity index (χ0n) is 9.61. The molecule has 1 heterocycles. The van der Waals surface area contributed by atoms with E-state index in [1.54, 1.807) is 14.0 Å². The minimum Gasteiger partial charge on any atom is -0.383 e. The third-order valence-corrected chi connectivity index (χ3v) is 2.57. The van der Waals surface area contributed by atoms with Crippen LogP contribution in [0.2, 0.25) is 0 Å². The predicted molar refractivity (Wildman–Crippen MR) is 56.1 cm³/mol. The Kier molecular flexibility index (Phi) is 3.63. The number of nitrogens with zero attached hydrogens (tertiary/aromatic N) is 1. The van der Waals surface area contributed by atoms with Crippen molar-refractivity contribution in [3.05, 3.63) is 11.6 Å². The molecule has 0 aliphatic carbocycles. The number of carbonyl (C=O) groups is 2. The lowest BCUT2D eigenvalue weighted by molar-refractivity contribution is -0.142. The zero-order chi connectivity index (χ0) is 11.6. The van der Waals surface area contributed by atoms with Gasteiger partial charge in [0.2, 0.25) is 0 Å². The number of hydrogen-bond donors (Lipinski definition) is 0. The summed E-state index contributed by atoms with van der Waals surface area (Å²) in [5.41, 5.74) is 0.502. The van der Waals surface area contributed by atoms with E-state index < -0.39 is 0 Å². The average molecular weight is 211 g/mol. The summed E-state index contributed by atoms with van der Waals surface area (Å²) in [4.78, 5) is 24.6. The topological polar surface area (TPSA) is 46.6 Å². The summed E-state index contributed by atoms with van der Waals surface area (Å²) < 4.78 is 5.04. The molecular weight excluding hydrogens is 194 g/mol. The van der Waals surface area contributed by atoms with E-state index in [2.05, 4.69) is 0 Å². The number of carbonyl (C=O) groups excluding carboxylic acids is 2. The molecule has 0 saturated heterocycles. The molecule has 0 aromatic heterocycles. The summed E-state index contributed by atoms with van der Waals surface area (Å²) in [6, 6.07) is -0.177. The average Bonchev–Trinajstić information content (AvgIpc) is 2.38. The molecule has 0 fully saturated rings. The van der Waals surface area contributed by atoms with Gasteiger partial charge in [-0.25, -0.2) is 0 Å². The first-order valence-electron chi connectivity index (χ1n) is 5.03. The van der Waals surface area contributed by atoms with E-state index in [0.717, 1.165) is 0 Å². The van der Waals surface area contributed by atoms with Crippen LogP contribution in [0.4, 0.5) is 0 Å². The van der Waals surface area contributed by atoms with E-state index in [1.165, 1.54) is 11.0 Å². The van der Waals surface area contributed by atoms with Crippen LogP contribution < -0.4 is 0 Å². The second kappa shape index (κ2) is 4.57. The molecule has 0 bridgehead atoms. The smallest absolute Gasteiger partial charge is 0.256 e. The van der Waals surface area contributed by atoms with Gasteiger partial charge in [-0.1, -0.05) is 13.8 Å². The summed E-state index contributed by atoms with van der Waals surface area (Å²) in [5, 5.41) is 0. The Bertz CT molecular complexity index is 307. The summed E-state index contributed by atoms with van der Waals surface area (Å²) in [6.07, 6.45) is 1.38. The molecule has 4 nitrogen and oxygen atoms in total. The number of ether oxygens (including phenoxy) is 1. The minimum absolute atomic E-state index is 0.177. The van der Waals surface area contributed by atoms with Crippen LogP contribution in [0.25, 0.3) is 0 Å². The lowest BCUT2D eigenvalue weighted by Gasteiger charge is -2.28. The summed E-state index contributed by atoms with van der Waals surface area (Å²) in [7, 11) is 1.57. The molecule has 0 N–H and O–H groups in total. The Morgan fingerprint density at radius 2 is 2.00 bits per heavy atom. The zero-order valence-corrected chi connectivity index (χ0v) is 9.61. The first-order valence-corrected chi connectivity index (χ1v) is 5.03. The van der Waals surface area contributed by atoms with Crippen LogP contribution in [-0.2, 0) is 14.3 Å². The third kappa shape index (κ3) is 2.26. The molecule has 1 aliphatic rings. The second-order valence-corrected chi connectivity index (χ2v) is 4.11. The van der Waals surface area contributed by atoms with Gasteiger partial charge in [0.15, 0.2) is 0 Å². The van der Waals surface area contributed by atoms with Crippen LogP contribution in [0.1, 0.15) is 20.8 Å². The third-order valence-electron chi connectivity index (χ3n) is 2.57. The molecule has 4 heteroatoms. The van der Waals surface area contributed by atoms with Gasteiger partial charge in [-0.15, -0.1) is 0 Å². The van der Waals surface area contributed by atoms with Gasteiger partial charge in [-0.3, -0.25) is 14.5 Å². The molecule has 1 rings (SSSR count). The standard InChI is InChI=1S/C11H17NO3/c1-7(2)9(6-15-4)12-10(13)5-8(3)11(12)14/h5,7,9H,6H2,1-4H3. The molecular formula is C11H17NO3. The molecule has 0 aromatic rings. The van der Waals surface area contributed by atoms with Crippen molar-refractivity contribution in [2.45, 2.75) is 26.8 Å². The maximum absolute atomic E-state index is 11.7. The molecule has 0 spiro atoms. The molecule has 0 saturated carbocycles. The lowest BCUT2D eigenvalue weighted by atomic mass is 10.0. The van der Waals surface area contributed by atoms with Crippen molar-refractivity contribution in [2.24, 2.45) is 5.92 Å². The fourth-order valence-electron chi connectivity index (χ4n) is 1.66. The quantitative estimate of drug-likeness (QED) is 0.651. The van der Waals surface area contributed by atoms with E-state index in [-0.39, 0.29) is 23.8 Å². The fraction of sp³-hybridized carbons (Fsp3) is 0.636. The maximum Gasteiger partial charge on any atom is 0.256 e. The second-order valence-electron chi connectivity index (χ2n) is 4.11. The summed E-state index contributed by atoms with van der Waals surface area (Å²) in [5.74, 6) is -0.235. The van der Waals surface area contributed by atoms with Crippen LogP contribution >= 0.6 is 0 Å². The monoisotopic (exact) mass is 211 g/mol. The maximum atomic E-state index is 11.7. The fourth-order valence-corrected chi connectivity index (χ4v) is 1.66. The Morgan fingerprint density at radius 3 is 2.33 bits per heavy atom. The van der Waals surface area contributed by atoms with Crippen molar-refractivity contribution in [3.63, 3.8) is 0 Å². The first-order chi connectivity index (χ1) is 6.99. The van der Waals surface area contributed by atoms with Crippen LogP contribution in [0.3, 0.4) is 0 Å². The summed E-state index contributed by atoms with van der Waals surface area (Å²) >= 11 is 0. The van der Waals surface area contributed by atoms with Crippen LogP contribution in [0, 0.1) is 5.92 Å². The van der Waals surface area contributed by atoms with Crippen molar-refractivity contribution in [3.8, 4) is 0 Å². The number of imide groups is 1. The van der Waals surface area contributed by atoms with Gasteiger partial charge in [-0.05, 0) is 12.8 Å². The van der Waals surface area contributed by atoms with Crippen molar-refractivity contribution < 1.29 is 14.3 Å². The minimum atomic E-state index is -0.228. The number of rotatable bonds is 4. The molecule has 15 heavy (non-hydrogen) atoms. The van der Waals surface area contributed by atoms with Gasteiger partial charge < -0.3 is 4.74 Å². The van der Waals surface area contributed by atoms with E-state index in [9.17, 15) is 9.59 Å². The van der Waals surface area contributed by atoms with Crippen molar-refractivity contribution in [1.82, 2.24) is 4.90 Å². The largest absolute Gasteiger partial charge is 0.383 e. The highest BCUT2D eigenvalue weighted by Gasteiger charge is 2.35. The van der Waals surface area contributed by atoms with Crippen molar-refractivity contribution in [2.75, 3.05) is 13.7 Å². The van der Waals surface area contributed by atoms with Gasteiger partial charge in [0.1, 0.15) is 0 Å².